The summed E-state index contributed by atoms with van der Waals surface area (Å²) < 4.78 is 17.5. The molecule has 43 heavy (non-hydrogen) atoms. The van der Waals surface area contributed by atoms with E-state index >= 15 is 0 Å². The van der Waals surface area contributed by atoms with Crippen molar-refractivity contribution in [1.29, 1.82) is 5.26 Å². The van der Waals surface area contributed by atoms with Crippen LogP contribution >= 0.6 is 23.2 Å². The van der Waals surface area contributed by atoms with Crippen LogP contribution < -0.4 is 19.9 Å². The van der Waals surface area contributed by atoms with Crippen LogP contribution in [0, 0.1) is 11.3 Å². The molecule has 0 aliphatic carbocycles. The van der Waals surface area contributed by atoms with E-state index in [1.165, 1.54) is 0 Å². The van der Waals surface area contributed by atoms with Crippen LogP contribution in [0.5, 0.6) is 17.2 Å². The maximum atomic E-state index is 12.9. The summed E-state index contributed by atoms with van der Waals surface area (Å²) in [5.74, 6) is 0.362. The minimum Gasteiger partial charge on any atom is -0.489 e. The Morgan fingerprint density at radius 2 is 1.70 bits per heavy atom. The van der Waals surface area contributed by atoms with Gasteiger partial charge >= 0.3 is 5.97 Å². The molecule has 0 fully saturated rings. The van der Waals surface area contributed by atoms with Gasteiger partial charge in [0, 0.05) is 27.2 Å². The first-order valence-corrected chi connectivity index (χ1v) is 14.2. The van der Waals surface area contributed by atoms with Gasteiger partial charge in [0.1, 0.15) is 35.5 Å². The highest BCUT2D eigenvalue weighted by Gasteiger charge is 2.31. The molecule has 0 saturated carbocycles. The fourth-order valence-corrected chi connectivity index (χ4v) is 5.66. The fraction of sp³-hybridized carbons (Fsp3) is 0.0857. The Labute approximate surface area is 258 Å². The number of hydrogen-bond donors (Lipinski definition) is 1. The predicted molar refractivity (Wildman–Crippen MR) is 166 cm³/mol. The van der Waals surface area contributed by atoms with Crippen LogP contribution in [0.2, 0.25) is 10.0 Å². The Morgan fingerprint density at radius 1 is 0.884 bits per heavy atom. The second-order valence-electron chi connectivity index (χ2n) is 10.0. The molecule has 0 spiro atoms. The number of nitrogens with zero attached hydrogens (tertiary/aromatic N) is 1. The Kier molecular flexibility index (Phi) is 7.93. The molecule has 1 heterocycles. The number of nitrogens with two attached hydrogens (primary N) is 1. The van der Waals surface area contributed by atoms with E-state index in [4.69, 9.17) is 43.1 Å². The van der Waals surface area contributed by atoms with Gasteiger partial charge in [0.15, 0.2) is 0 Å². The van der Waals surface area contributed by atoms with Gasteiger partial charge in [0.25, 0.3) is 0 Å². The van der Waals surface area contributed by atoms with Crippen LogP contribution in [-0.4, -0.2) is 5.97 Å². The first-order chi connectivity index (χ1) is 20.9. The number of carbonyl (C=O) groups excluding carboxylic acids is 1. The van der Waals surface area contributed by atoms with Crippen molar-refractivity contribution in [2.45, 2.75) is 18.9 Å². The molecule has 1 atom stereocenters. The first kappa shape index (κ1) is 28.2. The molecular formula is C35H24Cl2N2O4. The predicted octanol–water partition coefficient (Wildman–Crippen LogP) is 8.09. The van der Waals surface area contributed by atoms with E-state index in [0.29, 0.717) is 32.9 Å². The van der Waals surface area contributed by atoms with Crippen molar-refractivity contribution in [3.63, 3.8) is 0 Å². The van der Waals surface area contributed by atoms with E-state index in [1.807, 2.05) is 72.8 Å². The van der Waals surface area contributed by atoms with Crippen molar-refractivity contribution >= 4 is 39.9 Å². The largest absolute Gasteiger partial charge is 0.489 e. The third-order valence-electron chi connectivity index (χ3n) is 7.24. The summed E-state index contributed by atoms with van der Waals surface area (Å²) in [7, 11) is 0. The molecule has 0 aromatic heterocycles. The maximum Gasteiger partial charge on any atom is 0.315 e. The summed E-state index contributed by atoms with van der Waals surface area (Å²) >= 11 is 12.3. The van der Waals surface area contributed by atoms with Crippen LogP contribution in [0.4, 0.5) is 0 Å². The summed E-state index contributed by atoms with van der Waals surface area (Å²) in [6, 6.07) is 33.7. The van der Waals surface area contributed by atoms with Crippen molar-refractivity contribution in [2.24, 2.45) is 5.73 Å². The zero-order valence-corrected chi connectivity index (χ0v) is 24.2. The molecule has 212 valence electrons. The van der Waals surface area contributed by atoms with Gasteiger partial charge in [-0.15, -0.1) is 0 Å². The number of fused-ring (bicyclic) bond motifs is 2. The van der Waals surface area contributed by atoms with Crippen LogP contribution in [0.15, 0.2) is 115 Å². The molecule has 0 amide bonds. The Morgan fingerprint density at radius 3 is 2.53 bits per heavy atom. The van der Waals surface area contributed by atoms with Crippen LogP contribution in [0.25, 0.3) is 10.8 Å². The lowest BCUT2D eigenvalue weighted by atomic mass is 9.83. The minimum atomic E-state index is -0.517. The summed E-state index contributed by atoms with van der Waals surface area (Å²) in [6.45, 7) is 0.237. The normalized spacial score (nSPS) is 14.0. The highest BCUT2D eigenvalue weighted by atomic mass is 35.5. The van der Waals surface area contributed by atoms with E-state index < -0.39 is 11.9 Å². The number of carbonyl (C=O) groups is 1. The highest BCUT2D eigenvalue weighted by Crippen LogP contribution is 2.44. The van der Waals surface area contributed by atoms with Crippen molar-refractivity contribution in [2.75, 3.05) is 0 Å². The number of hydrogen-bond acceptors (Lipinski definition) is 6. The molecule has 1 unspecified atom stereocenters. The van der Waals surface area contributed by atoms with Crippen molar-refractivity contribution in [3.05, 3.63) is 147 Å². The lowest BCUT2D eigenvalue weighted by Crippen LogP contribution is -2.21. The summed E-state index contributed by atoms with van der Waals surface area (Å²) in [6.07, 6.45) is 0.108. The molecule has 1 aliphatic heterocycles. The van der Waals surface area contributed by atoms with Gasteiger partial charge in [-0.05, 0) is 52.2 Å². The Bertz CT molecular complexity index is 1940. The molecule has 2 N–H and O–H groups in total. The number of ether oxygens (including phenoxy) is 3. The molecule has 1 aliphatic rings. The molecule has 6 nitrogen and oxygen atoms in total. The third kappa shape index (κ3) is 6.00. The zero-order valence-electron chi connectivity index (χ0n) is 22.7. The number of esters is 1. The molecule has 6 rings (SSSR count). The van der Waals surface area contributed by atoms with E-state index in [2.05, 4.69) is 6.07 Å². The zero-order chi connectivity index (χ0) is 29.9. The van der Waals surface area contributed by atoms with Crippen molar-refractivity contribution in [3.8, 4) is 23.3 Å². The standard InChI is InChI=1S/C35H24Cl2N2O4/c36-25-12-11-24(31(37)17-25)20-41-26-9-4-8-23(15-26)34-29-14-13-27(18-32(29)43-35(39)30(34)19-38)42-33(40)16-22-7-3-6-21-5-1-2-10-28(21)22/h1-15,17-18,34H,16,20,39H2. The quantitative estimate of drug-likeness (QED) is 0.148. The first-order valence-electron chi connectivity index (χ1n) is 13.4. The Balaban J connectivity index is 1.24. The average molecular weight is 607 g/mol. The van der Waals surface area contributed by atoms with E-state index in [-0.39, 0.29) is 24.5 Å². The smallest absolute Gasteiger partial charge is 0.315 e. The number of rotatable bonds is 7. The summed E-state index contributed by atoms with van der Waals surface area (Å²) in [5.41, 5.74) is 9.64. The van der Waals surface area contributed by atoms with Crippen LogP contribution in [0.3, 0.4) is 0 Å². The Hall–Kier alpha value is -4.96. The van der Waals surface area contributed by atoms with Gasteiger partial charge in [-0.3, -0.25) is 4.79 Å². The number of allylic oxidation sites excluding steroid dienone is 1. The molecule has 0 bridgehead atoms. The average Bonchev–Trinajstić information content (AvgIpc) is 3.00. The molecular weight excluding hydrogens is 583 g/mol. The molecule has 0 radical (unpaired) electrons. The van der Waals surface area contributed by atoms with Gasteiger partial charge in [-0.25, -0.2) is 0 Å². The lowest BCUT2D eigenvalue weighted by molar-refractivity contribution is -0.133. The minimum absolute atomic E-state index is 0.0153. The molecule has 5 aromatic rings. The van der Waals surface area contributed by atoms with Crippen LogP contribution in [0.1, 0.15) is 28.2 Å². The van der Waals surface area contributed by atoms with Crippen molar-refractivity contribution in [1.82, 2.24) is 0 Å². The van der Waals surface area contributed by atoms with E-state index in [9.17, 15) is 10.1 Å². The van der Waals surface area contributed by atoms with E-state index in [0.717, 1.165) is 27.5 Å². The SMILES string of the molecule is N#CC1=C(N)Oc2cc(OC(=O)Cc3cccc4ccccc34)ccc2C1c1cccc(OCc2ccc(Cl)cc2Cl)c1. The molecule has 5 aromatic carbocycles. The number of nitriles is 1. The maximum absolute atomic E-state index is 12.9. The highest BCUT2D eigenvalue weighted by molar-refractivity contribution is 6.35. The second-order valence-corrected chi connectivity index (χ2v) is 10.9. The van der Waals surface area contributed by atoms with Crippen molar-refractivity contribution < 1.29 is 19.0 Å². The van der Waals surface area contributed by atoms with Gasteiger partial charge in [0.2, 0.25) is 5.88 Å². The van der Waals surface area contributed by atoms with Gasteiger partial charge in [-0.1, -0.05) is 89.9 Å². The van der Waals surface area contributed by atoms with Crippen LogP contribution in [-0.2, 0) is 17.8 Å². The lowest BCUT2D eigenvalue weighted by Gasteiger charge is -2.27. The van der Waals surface area contributed by atoms with E-state index in [1.54, 1.807) is 30.3 Å². The third-order valence-corrected chi connectivity index (χ3v) is 7.82. The second kappa shape index (κ2) is 12.1. The monoisotopic (exact) mass is 606 g/mol. The number of halogens is 2. The van der Waals surface area contributed by atoms with Gasteiger partial charge in [-0.2, -0.15) is 5.26 Å². The van der Waals surface area contributed by atoms with Gasteiger partial charge in [0.05, 0.1) is 12.3 Å². The fourth-order valence-electron chi connectivity index (χ4n) is 5.20. The summed E-state index contributed by atoms with van der Waals surface area (Å²) in [5, 5.41) is 13.1. The topological polar surface area (TPSA) is 94.6 Å². The summed E-state index contributed by atoms with van der Waals surface area (Å²) in [4.78, 5) is 12.9. The van der Waals surface area contributed by atoms with Gasteiger partial charge < -0.3 is 19.9 Å². The number of benzene rings is 5. The molecule has 8 heteroatoms. The molecule has 0 saturated heterocycles.